The van der Waals surface area contributed by atoms with E-state index in [9.17, 15) is 10.1 Å². The van der Waals surface area contributed by atoms with E-state index in [0.717, 1.165) is 0 Å². The molecular weight excluding hydrogens is 384 g/mol. The second-order valence-corrected chi connectivity index (χ2v) is 5.83. The molecule has 0 unspecified atom stereocenters. The average Bonchev–Trinajstić information content (AvgIpc) is 2.76. The van der Waals surface area contributed by atoms with E-state index in [1.807, 2.05) is 13.0 Å². The van der Waals surface area contributed by atoms with Gasteiger partial charge in [-0.15, -0.1) is 6.42 Å². The van der Waals surface area contributed by atoms with Crippen molar-refractivity contribution in [2.24, 2.45) is 0 Å². The maximum Gasteiger partial charge on any atom is 0.266 e. The van der Waals surface area contributed by atoms with E-state index in [2.05, 4.69) is 11.2 Å². The van der Waals surface area contributed by atoms with Gasteiger partial charge in [-0.05, 0) is 42.8 Å². The molecule has 0 saturated carbocycles. The maximum absolute atomic E-state index is 12.6. The van der Waals surface area contributed by atoms with E-state index in [1.165, 1.54) is 20.3 Å². The molecule has 154 valence electrons. The summed E-state index contributed by atoms with van der Waals surface area (Å²) in [6, 6.07) is 11.9. The molecule has 0 aliphatic carbocycles. The predicted octanol–water partition coefficient (Wildman–Crippen LogP) is 3.66. The molecule has 0 saturated heterocycles. The highest BCUT2D eigenvalue weighted by Gasteiger charge is 2.13. The summed E-state index contributed by atoms with van der Waals surface area (Å²) in [5.74, 6) is 3.78. The third kappa shape index (κ3) is 5.70. The fraction of sp³-hybridized carbons (Fsp3) is 0.217. The van der Waals surface area contributed by atoms with Crippen molar-refractivity contribution in [3.63, 3.8) is 0 Å². The SMILES string of the molecule is C#CCOc1ccc(/C=C(\C#N)C(=O)Nc2ccc(OC)c(OC)c2)cc1OCC. The van der Waals surface area contributed by atoms with Crippen LogP contribution in [0.25, 0.3) is 6.08 Å². The molecule has 30 heavy (non-hydrogen) atoms. The van der Waals surface area contributed by atoms with E-state index in [4.69, 9.17) is 25.4 Å². The molecule has 1 amide bonds. The quantitative estimate of drug-likeness (QED) is 0.388. The normalized spacial score (nSPS) is 10.4. The van der Waals surface area contributed by atoms with Crippen LogP contribution in [0.15, 0.2) is 42.0 Å². The molecule has 2 aromatic rings. The Labute approximate surface area is 175 Å². The number of anilines is 1. The van der Waals surface area contributed by atoms with Crippen molar-refractivity contribution in [3.05, 3.63) is 47.5 Å². The summed E-state index contributed by atoms with van der Waals surface area (Å²) in [7, 11) is 3.02. The highest BCUT2D eigenvalue weighted by Crippen LogP contribution is 2.31. The number of ether oxygens (including phenoxy) is 4. The molecule has 2 aromatic carbocycles. The van der Waals surface area contributed by atoms with Crippen molar-refractivity contribution in [2.45, 2.75) is 6.92 Å². The number of terminal acetylenes is 1. The van der Waals surface area contributed by atoms with E-state index in [0.29, 0.717) is 40.9 Å². The van der Waals surface area contributed by atoms with Gasteiger partial charge in [-0.3, -0.25) is 4.79 Å². The van der Waals surface area contributed by atoms with Crippen LogP contribution in [0.2, 0.25) is 0 Å². The summed E-state index contributed by atoms with van der Waals surface area (Å²) >= 11 is 0. The highest BCUT2D eigenvalue weighted by molar-refractivity contribution is 6.09. The molecule has 7 heteroatoms. The van der Waals surface area contributed by atoms with Crippen LogP contribution in [0, 0.1) is 23.7 Å². The molecule has 0 heterocycles. The number of methoxy groups -OCH3 is 2. The van der Waals surface area contributed by atoms with Gasteiger partial charge in [0.1, 0.15) is 18.2 Å². The Morgan fingerprint density at radius 2 is 1.80 bits per heavy atom. The van der Waals surface area contributed by atoms with Gasteiger partial charge in [-0.25, -0.2) is 0 Å². The Hall–Kier alpha value is -4.10. The molecule has 7 nitrogen and oxygen atoms in total. The van der Waals surface area contributed by atoms with Gasteiger partial charge in [0, 0.05) is 11.8 Å². The van der Waals surface area contributed by atoms with Crippen molar-refractivity contribution >= 4 is 17.7 Å². The number of benzene rings is 2. The second kappa shape index (κ2) is 11.0. The third-order valence-electron chi connectivity index (χ3n) is 3.90. The van der Waals surface area contributed by atoms with Crippen LogP contribution in [0.3, 0.4) is 0 Å². The summed E-state index contributed by atoms with van der Waals surface area (Å²) in [4.78, 5) is 12.6. The average molecular weight is 406 g/mol. The first-order valence-electron chi connectivity index (χ1n) is 9.04. The largest absolute Gasteiger partial charge is 0.493 e. The first-order valence-corrected chi connectivity index (χ1v) is 9.04. The molecule has 1 N–H and O–H groups in total. The van der Waals surface area contributed by atoms with Crippen LogP contribution in [0.5, 0.6) is 23.0 Å². The standard InChI is InChI=1S/C23H22N2O5/c1-5-11-30-20-9-7-16(13-22(20)29-6-2)12-17(15-24)23(26)25-18-8-10-19(27-3)21(14-18)28-4/h1,7-10,12-14H,6,11H2,2-4H3,(H,25,26)/b17-12+. The van der Waals surface area contributed by atoms with E-state index in [1.54, 1.807) is 36.4 Å². The van der Waals surface area contributed by atoms with Crippen LogP contribution in [0.1, 0.15) is 12.5 Å². The van der Waals surface area contributed by atoms with E-state index >= 15 is 0 Å². The summed E-state index contributed by atoms with van der Waals surface area (Å²) in [5, 5.41) is 12.1. The lowest BCUT2D eigenvalue weighted by Gasteiger charge is -2.11. The number of hydrogen-bond acceptors (Lipinski definition) is 6. The summed E-state index contributed by atoms with van der Waals surface area (Å²) in [5.41, 5.74) is 0.988. The number of rotatable bonds is 9. The Bertz CT molecular complexity index is 1020. The minimum absolute atomic E-state index is 0.0791. The molecule has 0 spiro atoms. The van der Waals surface area contributed by atoms with Gasteiger partial charge < -0.3 is 24.3 Å². The van der Waals surface area contributed by atoms with Gasteiger partial charge >= 0.3 is 0 Å². The van der Waals surface area contributed by atoms with Gasteiger partial charge in [-0.1, -0.05) is 12.0 Å². The number of nitriles is 1. The van der Waals surface area contributed by atoms with E-state index < -0.39 is 5.91 Å². The van der Waals surface area contributed by atoms with E-state index in [-0.39, 0.29) is 12.2 Å². The zero-order valence-corrected chi connectivity index (χ0v) is 17.0. The lowest BCUT2D eigenvalue weighted by molar-refractivity contribution is -0.112. The van der Waals surface area contributed by atoms with Crippen molar-refractivity contribution in [3.8, 4) is 41.4 Å². The van der Waals surface area contributed by atoms with Crippen LogP contribution in [-0.4, -0.2) is 33.3 Å². The third-order valence-corrected chi connectivity index (χ3v) is 3.90. The summed E-state index contributed by atoms with van der Waals surface area (Å²) in [6.45, 7) is 2.36. The van der Waals surface area contributed by atoms with Gasteiger partial charge in [0.05, 0.1) is 20.8 Å². The monoisotopic (exact) mass is 406 g/mol. The Morgan fingerprint density at radius 1 is 1.07 bits per heavy atom. The molecule has 0 bridgehead atoms. The number of carbonyl (C=O) groups is 1. The molecule has 0 aromatic heterocycles. The second-order valence-electron chi connectivity index (χ2n) is 5.83. The zero-order valence-electron chi connectivity index (χ0n) is 17.0. The Morgan fingerprint density at radius 3 is 2.43 bits per heavy atom. The molecule has 0 aliphatic heterocycles. The van der Waals surface area contributed by atoms with Crippen molar-refractivity contribution in [1.29, 1.82) is 5.26 Å². The first kappa shape index (κ1) is 22.2. The molecule has 0 radical (unpaired) electrons. The van der Waals surface area contributed by atoms with Gasteiger partial charge in [0.2, 0.25) is 0 Å². The van der Waals surface area contributed by atoms with Gasteiger partial charge in [0.15, 0.2) is 23.0 Å². The molecule has 0 fully saturated rings. The Kier molecular flexibility index (Phi) is 8.16. The maximum atomic E-state index is 12.6. The molecule has 2 rings (SSSR count). The molecule has 0 aliphatic rings. The topological polar surface area (TPSA) is 89.8 Å². The van der Waals surface area contributed by atoms with Crippen LogP contribution in [0.4, 0.5) is 5.69 Å². The van der Waals surface area contributed by atoms with Crippen LogP contribution >= 0.6 is 0 Å². The van der Waals surface area contributed by atoms with Crippen molar-refractivity contribution in [2.75, 3.05) is 32.8 Å². The minimum atomic E-state index is -0.560. The van der Waals surface area contributed by atoms with Crippen molar-refractivity contribution < 1.29 is 23.7 Å². The summed E-state index contributed by atoms with van der Waals surface area (Å²) in [6.07, 6.45) is 6.69. The zero-order chi connectivity index (χ0) is 21.9. The lowest BCUT2D eigenvalue weighted by atomic mass is 10.1. The van der Waals surface area contributed by atoms with Crippen LogP contribution < -0.4 is 24.3 Å². The Balaban J connectivity index is 2.26. The first-order chi connectivity index (χ1) is 14.6. The fourth-order valence-electron chi connectivity index (χ4n) is 2.55. The number of hydrogen-bond donors (Lipinski definition) is 1. The van der Waals surface area contributed by atoms with Gasteiger partial charge in [0.25, 0.3) is 5.91 Å². The predicted molar refractivity (Wildman–Crippen MR) is 114 cm³/mol. The summed E-state index contributed by atoms with van der Waals surface area (Å²) < 4.78 is 21.4. The smallest absolute Gasteiger partial charge is 0.266 e. The minimum Gasteiger partial charge on any atom is -0.493 e. The number of amides is 1. The fourth-order valence-corrected chi connectivity index (χ4v) is 2.55. The van der Waals surface area contributed by atoms with Gasteiger partial charge in [-0.2, -0.15) is 5.26 Å². The van der Waals surface area contributed by atoms with Crippen LogP contribution in [-0.2, 0) is 4.79 Å². The highest BCUT2D eigenvalue weighted by atomic mass is 16.5. The lowest BCUT2D eigenvalue weighted by Crippen LogP contribution is -2.13. The molecular formula is C23H22N2O5. The van der Waals surface area contributed by atoms with Crippen molar-refractivity contribution in [1.82, 2.24) is 0 Å². The molecule has 0 atom stereocenters. The number of nitrogens with one attached hydrogen (secondary N) is 1. The number of carbonyl (C=O) groups excluding carboxylic acids is 1. The number of nitrogens with zero attached hydrogens (tertiary/aromatic N) is 1.